The smallest absolute Gasteiger partial charge is 0.243 e. The first kappa shape index (κ1) is 14.0. The number of rotatable bonds is 3. The number of hydrogen-bond acceptors (Lipinski definition) is 4. The average Bonchev–Trinajstić information content (AvgIpc) is 2.51. The lowest BCUT2D eigenvalue weighted by Gasteiger charge is -2.17. The van der Waals surface area contributed by atoms with Gasteiger partial charge in [-0.1, -0.05) is 6.07 Å². The third-order valence-corrected chi connectivity index (χ3v) is 4.28. The zero-order chi connectivity index (χ0) is 14.8. The largest absolute Gasteiger partial charge is 0.437 e. The molecule has 0 saturated carbocycles. The highest BCUT2D eigenvalue weighted by molar-refractivity contribution is 5.41. The Morgan fingerprint density at radius 2 is 1.86 bits per heavy atom. The van der Waals surface area contributed by atoms with Crippen molar-refractivity contribution in [3.05, 3.63) is 46.1 Å². The Morgan fingerprint density at radius 1 is 1.10 bits per heavy atom. The van der Waals surface area contributed by atoms with E-state index in [9.17, 15) is 0 Å². The van der Waals surface area contributed by atoms with Gasteiger partial charge in [0, 0.05) is 12.1 Å². The molecule has 2 N–H and O–H groups in total. The van der Waals surface area contributed by atoms with E-state index in [1.807, 2.05) is 19.9 Å². The maximum absolute atomic E-state index is 5.95. The van der Waals surface area contributed by atoms with Crippen molar-refractivity contribution in [2.75, 3.05) is 0 Å². The molecule has 0 bridgehead atoms. The summed E-state index contributed by atoms with van der Waals surface area (Å²) in [7, 11) is 0. The van der Waals surface area contributed by atoms with Crippen molar-refractivity contribution in [1.29, 1.82) is 0 Å². The van der Waals surface area contributed by atoms with Gasteiger partial charge in [0.2, 0.25) is 5.88 Å². The van der Waals surface area contributed by atoms with Crippen LogP contribution in [-0.4, -0.2) is 10.2 Å². The summed E-state index contributed by atoms with van der Waals surface area (Å²) in [6, 6.07) is 6.31. The first-order valence-electron chi connectivity index (χ1n) is 7.51. The van der Waals surface area contributed by atoms with E-state index in [2.05, 4.69) is 22.3 Å². The van der Waals surface area contributed by atoms with E-state index in [1.165, 1.54) is 30.4 Å². The predicted molar refractivity (Wildman–Crippen MR) is 82.6 cm³/mol. The van der Waals surface area contributed by atoms with Crippen LogP contribution in [0.25, 0.3) is 0 Å². The molecule has 2 aromatic rings. The molecule has 3 rings (SSSR count). The zero-order valence-electron chi connectivity index (χ0n) is 12.6. The summed E-state index contributed by atoms with van der Waals surface area (Å²) in [4.78, 5) is 0. The molecule has 21 heavy (non-hydrogen) atoms. The number of nitrogens with two attached hydrogens (primary N) is 1. The van der Waals surface area contributed by atoms with Crippen LogP contribution in [0, 0.1) is 13.8 Å². The van der Waals surface area contributed by atoms with Gasteiger partial charge >= 0.3 is 0 Å². The number of fused-ring (bicyclic) bond motifs is 1. The summed E-state index contributed by atoms with van der Waals surface area (Å²) in [6.07, 6.45) is 4.85. The highest BCUT2D eigenvalue weighted by Gasteiger charge is 2.14. The van der Waals surface area contributed by atoms with Crippen LogP contribution in [0.2, 0.25) is 0 Å². The highest BCUT2D eigenvalue weighted by Crippen LogP contribution is 2.29. The second kappa shape index (κ2) is 5.82. The fourth-order valence-electron chi connectivity index (χ4n) is 2.84. The van der Waals surface area contributed by atoms with E-state index in [1.54, 1.807) is 0 Å². The van der Waals surface area contributed by atoms with Crippen molar-refractivity contribution in [3.8, 4) is 11.6 Å². The molecule has 0 fully saturated rings. The molecule has 1 aromatic heterocycles. The highest BCUT2D eigenvalue weighted by atomic mass is 16.5. The Morgan fingerprint density at radius 3 is 2.62 bits per heavy atom. The van der Waals surface area contributed by atoms with E-state index in [0.29, 0.717) is 12.4 Å². The standard InChI is InChI=1S/C17H21N3O/c1-11-12(2)19-20-17(16(11)10-18)21-15-8-7-13-5-3-4-6-14(13)9-15/h7-9H,3-6,10,18H2,1-2H3. The minimum absolute atomic E-state index is 0.405. The molecule has 4 heteroatoms. The molecule has 0 unspecified atom stereocenters. The molecular weight excluding hydrogens is 262 g/mol. The van der Waals surface area contributed by atoms with Crippen molar-refractivity contribution in [3.63, 3.8) is 0 Å². The summed E-state index contributed by atoms with van der Waals surface area (Å²) in [5, 5.41) is 8.31. The summed E-state index contributed by atoms with van der Waals surface area (Å²) in [6.45, 7) is 4.35. The minimum Gasteiger partial charge on any atom is -0.437 e. The third kappa shape index (κ3) is 2.76. The average molecular weight is 283 g/mol. The molecule has 0 spiro atoms. The van der Waals surface area contributed by atoms with E-state index >= 15 is 0 Å². The third-order valence-electron chi connectivity index (χ3n) is 4.28. The van der Waals surface area contributed by atoms with Gasteiger partial charge in [-0.05, 0) is 68.4 Å². The lowest BCUT2D eigenvalue weighted by Crippen LogP contribution is -2.08. The van der Waals surface area contributed by atoms with Crippen LogP contribution in [0.3, 0.4) is 0 Å². The van der Waals surface area contributed by atoms with Crippen LogP contribution in [-0.2, 0) is 19.4 Å². The van der Waals surface area contributed by atoms with Gasteiger partial charge in [0.05, 0.1) is 5.69 Å². The molecule has 0 radical (unpaired) electrons. The molecule has 4 nitrogen and oxygen atoms in total. The molecule has 1 aromatic carbocycles. The maximum Gasteiger partial charge on any atom is 0.243 e. The van der Waals surface area contributed by atoms with E-state index in [0.717, 1.165) is 29.0 Å². The quantitative estimate of drug-likeness (QED) is 0.939. The minimum atomic E-state index is 0.405. The zero-order valence-corrected chi connectivity index (χ0v) is 12.6. The molecule has 1 aliphatic rings. The van der Waals surface area contributed by atoms with Crippen molar-refractivity contribution >= 4 is 0 Å². The van der Waals surface area contributed by atoms with Gasteiger partial charge in [0.1, 0.15) is 5.75 Å². The van der Waals surface area contributed by atoms with Crippen molar-refractivity contribution in [2.24, 2.45) is 5.73 Å². The van der Waals surface area contributed by atoms with Gasteiger partial charge in [-0.15, -0.1) is 5.10 Å². The Kier molecular flexibility index (Phi) is 3.88. The molecule has 110 valence electrons. The Labute approximate surface area is 125 Å². The Bertz CT molecular complexity index is 667. The SMILES string of the molecule is Cc1nnc(Oc2ccc3c(c2)CCCC3)c(CN)c1C. The summed E-state index contributed by atoms with van der Waals surface area (Å²) < 4.78 is 5.95. The van der Waals surface area contributed by atoms with Crippen molar-refractivity contribution < 1.29 is 4.74 Å². The van der Waals surface area contributed by atoms with Crippen LogP contribution in [0.5, 0.6) is 11.6 Å². The summed E-state index contributed by atoms with van der Waals surface area (Å²) in [5.41, 5.74) is 11.6. The van der Waals surface area contributed by atoms with Crippen molar-refractivity contribution in [1.82, 2.24) is 10.2 Å². The molecule has 0 amide bonds. The van der Waals surface area contributed by atoms with Crippen LogP contribution < -0.4 is 10.5 Å². The second-order valence-corrected chi connectivity index (χ2v) is 5.64. The topological polar surface area (TPSA) is 61.0 Å². The molecule has 0 atom stereocenters. The normalized spacial score (nSPS) is 13.9. The first-order valence-corrected chi connectivity index (χ1v) is 7.51. The van der Waals surface area contributed by atoms with E-state index < -0.39 is 0 Å². The number of benzene rings is 1. The maximum atomic E-state index is 5.95. The van der Waals surface area contributed by atoms with Crippen LogP contribution in [0.15, 0.2) is 18.2 Å². The predicted octanol–water partition coefficient (Wildman–Crippen LogP) is 3.22. The fraction of sp³-hybridized carbons (Fsp3) is 0.412. The number of aryl methyl sites for hydroxylation is 3. The van der Waals surface area contributed by atoms with Crippen LogP contribution in [0.4, 0.5) is 0 Å². The first-order chi connectivity index (χ1) is 10.2. The van der Waals surface area contributed by atoms with Gasteiger partial charge in [-0.2, -0.15) is 5.10 Å². The summed E-state index contributed by atoms with van der Waals surface area (Å²) >= 11 is 0. The lowest BCUT2D eigenvalue weighted by atomic mass is 9.92. The Balaban J connectivity index is 1.92. The van der Waals surface area contributed by atoms with Crippen molar-refractivity contribution in [2.45, 2.75) is 46.1 Å². The molecule has 1 heterocycles. The monoisotopic (exact) mass is 283 g/mol. The number of ether oxygens (including phenoxy) is 1. The molecule has 0 aliphatic heterocycles. The van der Waals surface area contributed by atoms with Crippen LogP contribution >= 0.6 is 0 Å². The molecule has 1 aliphatic carbocycles. The lowest BCUT2D eigenvalue weighted by molar-refractivity contribution is 0.445. The van der Waals surface area contributed by atoms with E-state index in [-0.39, 0.29) is 0 Å². The van der Waals surface area contributed by atoms with Gasteiger partial charge in [-0.3, -0.25) is 0 Å². The summed E-state index contributed by atoms with van der Waals surface area (Å²) in [5.74, 6) is 1.35. The number of aromatic nitrogens is 2. The number of hydrogen-bond donors (Lipinski definition) is 1. The van der Waals surface area contributed by atoms with Gasteiger partial charge in [0.25, 0.3) is 0 Å². The Hall–Kier alpha value is -1.94. The fourth-order valence-corrected chi connectivity index (χ4v) is 2.84. The van der Waals surface area contributed by atoms with Crippen LogP contribution in [0.1, 0.15) is 40.8 Å². The number of nitrogens with zero attached hydrogens (tertiary/aromatic N) is 2. The van der Waals surface area contributed by atoms with E-state index in [4.69, 9.17) is 10.5 Å². The van der Waals surface area contributed by atoms with Gasteiger partial charge in [0.15, 0.2) is 0 Å². The molecular formula is C17H21N3O. The second-order valence-electron chi connectivity index (χ2n) is 5.64. The molecule has 0 saturated heterocycles. The van der Waals surface area contributed by atoms with Gasteiger partial charge in [-0.25, -0.2) is 0 Å². The van der Waals surface area contributed by atoms with Gasteiger partial charge < -0.3 is 10.5 Å².